The summed E-state index contributed by atoms with van der Waals surface area (Å²) in [5, 5.41) is 9.47. The fourth-order valence-corrected chi connectivity index (χ4v) is 1.55. The second-order valence-corrected chi connectivity index (χ2v) is 3.36. The van der Waals surface area contributed by atoms with E-state index in [0.29, 0.717) is 16.4 Å². The third kappa shape index (κ3) is 1.24. The third-order valence-corrected chi connectivity index (χ3v) is 2.20. The van der Waals surface area contributed by atoms with Crippen molar-refractivity contribution in [2.45, 2.75) is 6.92 Å². The maximum Gasteiger partial charge on any atom is 0.354 e. The van der Waals surface area contributed by atoms with E-state index in [4.69, 9.17) is 16.7 Å². The molecule has 2 aromatic heterocycles. The molecule has 2 aromatic rings. The Bertz CT molecular complexity index is 519. The molecule has 2 rings (SSSR count). The van der Waals surface area contributed by atoms with Gasteiger partial charge in [0.05, 0.1) is 5.69 Å². The zero-order chi connectivity index (χ0) is 10.3. The van der Waals surface area contributed by atoms with Crippen LogP contribution in [0.3, 0.4) is 0 Å². The molecule has 14 heavy (non-hydrogen) atoms. The predicted molar refractivity (Wildman–Crippen MR) is 51.9 cm³/mol. The molecule has 1 N–H and O–H groups in total. The summed E-state index contributed by atoms with van der Waals surface area (Å²) < 4.78 is 1.50. The van der Waals surface area contributed by atoms with Crippen LogP contribution in [0.5, 0.6) is 0 Å². The van der Waals surface area contributed by atoms with Crippen molar-refractivity contribution in [1.82, 2.24) is 9.38 Å². The molecule has 4 nitrogen and oxygen atoms in total. The number of aromatic carboxylic acids is 1. The number of pyridine rings is 1. The van der Waals surface area contributed by atoms with E-state index in [-0.39, 0.29) is 5.69 Å². The molecule has 0 saturated heterocycles. The minimum Gasteiger partial charge on any atom is -0.477 e. The van der Waals surface area contributed by atoms with Crippen molar-refractivity contribution in [3.63, 3.8) is 0 Å². The standard InChI is InChI=1S/C9H7ClN2O2/c1-5-8(9(13)14)12-3-2-6(10)4-7(12)11-5/h2-4H,1H3,(H,13,14). The fourth-order valence-electron chi connectivity index (χ4n) is 1.40. The molecule has 0 unspecified atom stereocenters. The van der Waals surface area contributed by atoms with Crippen molar-refractivity contribution < 1.29 is 9.90 Å². The lowest BCUT2D eigenvalue weighted by Crippen LogP contribution is -2.03. The van der Waals surface area contributed by atoms with Gasteiger partial charge in [0.2, 0.25) is 0 Å². The molecule has 2 heterocycles. The monoisotopic (exact) mass is 210 g/mol. The molecule has 0 spiro atoms. The molecule has 0 radical (unpaired) electrons. The summed E-state index contributed by atoms with van der Waals surface area (Å²) in [6.07, 6.45) is 1.60. The van der Waals surface area contributed by atoms with Crippen molar-refractivity contribution in [3.05, 3.63) is 34.7 Å². The number of aromatic nitrogens is 2. The van der Waals surface area contributed by atoms with Gasteiger partial charge in [-0.25, -0.2) is 9.78 Å². The first kappa shape index (κ1) is 9.02. The van der Waals surface area contributed by atoms with Crippen LogP contribution in [-0.2, 0) is 0 Å². The Kier molecular flexibility index (Phi) is 1.93. The van der Waals surface area contributed by atoms with Gasteiger partial charge in [-0.2, -0.15) is 0 Å². The number of hydrogen-bond donors (Lipinski definition) is 1. The molecular weight excluding hydrogens is 204 g/mol. The molecule has 0 atom stereocenters. The summed E-state index contributed by atoms with van der Waals surface area (Å²) in [5.41, 5.74) is 1.21. The molecule has 0 saturated carbocycles. The van der Waals surface area contributed by atoms with Gasteiger partial charge in [-0.05, 0) is 13.0 Å². The average molecular weight is 211 g/mol. The van der Waals surface area contributed by atoms with Crippen LogP contribution in [0.25, 0.3) is 5.65 Å². The molecule has 72 valence electrons. The second-order valence-electron chi connectivity index (χ2n) is 2.92. The molecule has 0 aliphatic rings. The highest BCUT2D eigenvalue weighted by molar-refractivity contribution is 6.30. The zero-order valence-corrected chi connectivity index (χ0v) is 8.12. The maximum absolute atomic E-state index is 10.9. The Labute approximate surface area is 84.8 Å². The van der Waals surface area contributed by atoms with Crippen LogP contribution in [0.2, 0.25) is 5.02 Å². The van der Waals surface area contributed by atoms with E-state index in [1.165, 1.54) is 4.40 Å². The smallest absolute Gasteiger partial charge is 0.354 e. The van der Waals surface area contributed by atoms with E-state index in [2.05, 4.69) is 4.98 Å². The molecule has 5 heteroatoms. The van der Waals surface area contributed by atoms with Gasteiger partial charge in [-0.1, -0.05) is 11.6 Å². The Morgan fingerprint density at radius 3 is 3.00 bits per heavy atom. The Balaban J connectivity index is 2.84. The van der Waals surface area contributed by atoms with E-state index in [1.54, 1.807) is 25.3 Å². The average Bonchev–Trinajstić information content (AvgIpc) is 2.39. The van der Waals surface area contributed by atoms with Crippen LogP contribution >= 0.6 is 11.6 Å². The number of carbonyl (C=O) groups is 1. The van der Waals surface area contributed by atoms with Crippen LogP contribution < -0.4 is 0 Å². The zero-order valence-electron chi connectivity index (χ0n) is 7.36. The highest BCUT2D eigenvalue weighted by atomic mass is 35.5. The Morgan fingerprint density at radius 2 is 2.36 bits per heavy atom. The first-order valence-corrected chi connectivity index (χ1v) is 4.35. The van der Waals surface area contributed by atoms with Gasteiger partial charge >= 0.3 is 5.97 Å². The maximum atomic E-state index is 10.9. The van der Waals surface area contributed by atoms with Crippen molar-refractivity contribution >= 4 is 23.2 Å². The van der Waals surface area contributed by atoms with Crippen LogP contribution in [0.1, 0.15) is 16.2 Å². The number of carboxylic acids is 1. The van der Waals surface area contributed by atoms with Crippen molar-refractivity contribution in [1.29, 1.82) is 0 Å². The van der Waals surface area contributed by atoms with Gasteiger partial charge in [-0.15, -0.1) is 0 Å². The highest BCUT2D eigenvalue weighted by Gasteiger charge is 2.14. The quantitative estimate of drug-likeness (QED) is 0.783. The molecule has 0 bridgehead atoms. The lowest BCUT2D eigenvalue weighted by atomic mass is 10.3. The first-order chi connectivity index (χ1) is 6.59. The SMILES string of the molecule is Cc1nc2cc(Cl)ccn2c1C(=O)O. The number of carboxylic acid groups (broad SMARTS) is 1. The number of hydrogen-bond acceptors (Lipinski definition) is 2. The summed E-state index contributed by atoms with van der Waals surface area (Å²) in [6.45, 7) is 1.66. The van der Waals surface area contributed by atoms with Gasteiger partial charge in [0.15, 0.2) is 5.69 Å². The molecule has 0 fully saturated rings. The summed E-state index contributed by atoms with van der Waals surface area (Å²) in [4.78, 5) is 15.0. The lowest BCUT2D eigenvalue weighted by Gasteiger charge is -1.96. The summed E-state index contributed by atoms with van der Waals surface area (Å²) in [6, 6.07) is 3.25. The largest absolute Gasteiger partial charge is 0.477 e. The van der Waals surface area contributed by atoms with E-state index >= 15 is 0 Å². The number of halogens is 1. The lowest BCUT2D eigenvalue weighted by molar-refractivity contribution is 0.0688. The van der Waals surface area contributed by atoms with Crippen LogP contribution in [0.4, 0.5) is 0 Å². The number of aryl methyl sites for hydroxylation is 1. The van der Waals surface area contributed by atoms with Gasteiger partial charge in [0.25, 0.3) is 0 Å². The number of fused-ring (bicyclic) bond motifs is 1. The van der Waals surface area contributed by atoms with E-state index in [0.717, 1.165) is 0 Å². The Morgan fingerprint density at radius 1 is 1.64 bits per heavy atom. The van der Waals surface area contributed by atoms with Gasteiger partial charge in [-0.3, -0.25) is 4.40 Å². The minimum absolute atomic E-state index is 0.177. The molecule has 0 aliphatic carbocycles. The first-order valence-electron chi connectivity index (χ1n) is 3.97. The van der Waals surface area contributed by atoms with Gasteiger partial charge in [0, 0.05) is 17.3 Å². The molecule has 0 aliphatic heterocycles. The van der Waals surface area contributed by atoms with Gasteiger partial charge in [0.1, 0.15) is 5.65 Å². The minimum atomic E-state index is -0.989. The van der Waals surface area contributed by atoms with Crippen LogP contribution in [0.15, 0.2) is 18.3 Å². The summed E-state index contributed by atoms with van der Waals surface area (Å²) in [7, 11) is 0. The van der Waals surface area contributed by atoms with Crippen molar-refractivity contribution in [2.24, 2.45) is 0 Å². The number of nitrogens with zero attached hydrogens (tertiary/aromatic N) is 2. The molecule has 0 aromatic carbocycles. The van der Waals surface area contributed by atoms with E-state index in [9.17, 15) is 4.79 Å². The second kappa shape index (κ2) is 2.99. The third-order valence-electron chi connectivity index (χ3n) is 1.97. The number of rotatable bonds is 1. The van der Waals surface area contributed by atoms with Crippen molar-refractivity contribution in [2.75, 3.05) is 0 Å². The summed E-state index contributed by atoms with van der Waals surface area (Å²) in [5.74, 6) is -0.989. The van der Waals surface area contributed by atoms with Crippen molar-refractivity contribution in [3.8, 4) is 0 Å². The predicted octanol–water partition coefficient (Wildman–Crippen LogP) is 1.99. The molecular formula is C9H7ClN2O2. The fraction of sp³-hybridized carbons (Fsp3) is 0.111. The summed E-state index contributed by atoms with van der Waals surface area (Å²) >= 11 is 5.76. The van der Waals surface area contributed by atoms with Crippen LogP contribution in [-0.4, -0.2) is 20.5 Å². The Hall–Kier alpha value is -1.55. The topological polar surface area (TPSA) is 54.6 Å². The van der Waals surface area contributed by atoms with Crippen LogP contribution in [0, 0.1) is 6.92 Å². The highest BCUT2D eigenvalue weighted by Crippen LogP contribution is 2.16. The van der Waals surface area contributed by atoms with E-state index < -0.39 is 5.97 Å². The number of imidazole rings is 1. The normalized spacial score (nSPS) is 10.7. The molecule has 0 amide bonds. The van der Waals surface area contributed by atoms with E-state index in [1.807, 2.05) is 0 Å². The van der Waals surface area contributed by atoms with Gasteiger partial charge < -0.3 is 5.11 Å².